The van der Waals surface area contributed by atoms with E-state index in [1.807, 2.05) is 13.8 Å². The van der Waals surface area contributed by atoms with Gasteiger partial charge in [0, 0.05) is 16.6 Å². The third kappa shape index (κ3) is 2.22. The molecule has 5 nitrogen and oxygen atoms in total. The summed E-state index contributed by atoms with van der Waals surface area (Å²) in [7, 11) is 0. The number of carboxylic acids is 1. The van der Waals surface area contributed by atoms with Gasteiger partial charge >= 0.3 is 5.97 Å². The Morgan fingerprint density at radius 3 is 2.44 bits per heavy atom. The number of aromatic carboxylic acids is 1. The van der Waals surface area contributed by atoms with Crippen LogP contribution in [0.3, 0.4) is 0 Å². The Kier molecular flexibility index (Phi) is 3.34. The second-order valence-electron chi connectivity index (χ2n) is 4.14. The molecule has 0 aliphatic carbocycles. The molecular weight excluding hydrogens is 254 g/mol. The van der Waals surface area contributed by atoms with E-state index in [9.17, 15) is 4.79 Å². The van der Waals surface area contributed by atoms with Crippen molar-refractivity contribution in [2.45, 2.75) is 19.9 Å². The van der Waals surface area contributed by atoms with Crippen molar-refractivity contribution < 1.29 is 9.90 Å². The highest BCUT2D eigenvalue weighted by atomic mass is 35.5. The molecule has 0 bridgehead atoms. The molecule has 0 spiro atoms. The van der Waals surface area contributed by atoms with E-state index in [0.29, 0.717) is 10.7 Å². The SMILES string of the molecule is CC(C)n1nnc(C(=O)O)c1-c1ccc(Cl)cc1. The van der Waals surface area contributed by atoms with Gasteiger partial charge in [0.05, 0.1) is 0 Å². The maximum Gasteiger partial charge on any atom is 0.358 e. The first-order valence-corrected chi connectivity index (χ1v) is 5.83. The lowest BCUT2D eigenvalue weighted by Gasteiger charge is -2.10. The standard InChI is InChI=1S/C12H12ClN3O2/c1-7(2)16-11(10(12(17)18)14-15-16)8-3-5-9(13)6-4-8/h3-7H,1-2H3,(H,17,18). The van der Waals surface area contributed by atoms with Crippen LogP contribution in [0.2, 0.25) is 5.02 Å². The first-order valence-electron chi connectivity index (χ1n) is 5.45. The first-order chi connectivity index (χ1) is 8.50. The Bertz CT molecular complexity index is 576. The maximum absolute atomic E-state index is 11.2. The summed E-state index contributed by atoms with van der Waals surface area (Å²) in [6.45, 7) is 3.83. The molecule has 0 atom stereocenters. The van der Waals surface area contributed by atoms with E-state index in [1.54, 1.807) is 28.9 Å². The number of nitrogens with zero attached hydrogens (tertiary/aromatic N) is 3. The first kappa shape index (κ1) is 12.6. The van der Waals surface area contributed by atoms with E-state index in [0.717, 1.165) is 5.56 Å². The Morgan fingerprint density at radius 2 is 1.94 bits per heavy atom. The minimum Gasteiger partial charge on any atom is -0.476 e. The third-order valence-electron chi connectivity index (χ3n) is 2.50. The van der Waals surface area contributed by atoms with Gasteiger partial charge in [-0.15, -0.1) is 5.10 Å². The predicted octanol–water partition coefficient (Wildman–Crippen LogP) is 2.88. The summed E-state index contributed by atoms with van der Waals surface area (Å²) >= 11 is 5.82. The summed E-state index contributed by atoms with van der Waals surface area (Å²) in [5.41, 5.74) is 1.18. The summed E-state index contributed by atoms with van der Waals surface area (Å²) in [6, 6.07) is 6.95. The fraction of sp³-hybridized carbons (Fsp3) is 0.250. The van der Waals surface area contributed by atoms with E-state index in [4.69, 9.17) is 16.7 Å². The molecule has 1 aromatic heterocycles. The number of rotatable bonds is 3. The lowest BCUT2D eigenvalue weighted by atomic mass is 10.1. The van der Waals surface area contributed by atoms with Crippen LogP contribution in [0.4, 0.5) is 0 Å². The summed E-state index contributed by atoms with van der Waals surface area (Å²) in [4.78, 5) is 11.2. The highest BCUT2D eigenvalue weighted by Gasteiger charge is 2.21. The van der Waals surface area contributed by atoms with Crippen molar-refractivity contribution in [3.63, 3.8) is 0 Å². The average Bonchev–Trinajstić information content (AvgIpc) is 2.74. The second-order valence-corrected chi connectivity index (χ2v) is 4.57. The third-order valence-corrected chi connectivity index (χ3v) is 2.76. The fourth-order valence-corrected chi connectivity index (χ4v) is 1.80. The average molecular weight is 266 g/mol. The van der Waals surface area contributed by atoms with Crippen LogP contribution >= 0.6 is 11.6 Å². The molecule has 0 radical (unpaired) electrons. The minimum atomic E-state index is -1.09. The molecule has 18 heavy (non-hydrogen) atoms. The molecule has 0 amide bonds. The van der Waals surface area contributed by atoms with Crippen LogP contribution in [-0.2, 0) is 0 Å². The summed E-state index contributed by atoms with van der Waals surface area (Å²) in [5.74, 6) is -1.09. The van der Waals surface area contributed by atoms with E-state index in [2.05, 4.69) is 10.3 Å². The fourth-order valence-electron chi connectivity index (χ4n) is 1.68. The molecule has 2 aromatic rings. The smallest absolute Gasteiger partial charge is 0.358 e. The van der Waals surface area contributed by atoms with Crippen LogP contribution in [0.5, 0.6) is 0 Å². The number of hydrogen-bond acceptors (Lipinski definition) is 3. The van der Waals surface area contributed by atoms with Gasteiger partial charge in [0.15, 0.2) is 5.69 Å². The predicted molar refractivity (Wildman–Crippen MR) is 67.8 cm³/mol. The van der Waals surface area contributed by atoms with Crippen LogP contribution in [0, 0.1) is 0 Å². The van der Waals surface area contributed by atoms with E-state index in [-0.39, 0.29) is 11.7 Å². The molecule has 0 saturated carbocycles. The van der Waals surface area contributed by atoms with Crippen LogP contribution < -0.4 is 0 Å². The van der Waals surface area contributed by atoms with Gasteiger partial charge in [-0.1, -0.05) is 28.9 Å². The van der Waals surface area contributed by atoms with Crippen molar-refractivity contribution in [3.05, 3.63) is 35.0 Å². The Hall–Kier alpha value is -1.88. The highest BCUT2D eigenvalue weighted by molar-refractivity contribution is 6.30. The van der Waals surface area contributed by atoms with Gasteiger partial charge < -0.3 is 5.11 Å². The molecule has 1 N–H and O–H groups in total. The van der Waals surface area contributed by atoms with Crippen LogP contribution in [-0.4, -0.2) is 26.1 Å². The van der Waals surface area contributed by atoms with E-state index < -0.39 is 5.97 Å². The minimum absolute atomic E-state index is 0.0243. The molecular formula is C12H12ClN3O2. The van der Waals surface area contributed by atoms with E-state index >= 15 is 0 Å². The number of halogens is 1. The van der Waals surface area contributed by atoms with Gasteiger partial charge in [-0.2, -0.15) is 0 Å². The number of hydrogen-bond donors (Lipinski definition) is 1. The number of carboxylic acid groups (broad SMARTS) is 1. The maximum atomic E-state index is 11.2. The van der Waals surface area contributed by atoms with E-state index in [1.165, 1.54) is 0 Å². The number of aromatic nitrogens is 3. The summed E-state index contributed by atoms with van der Waals surface area (Å²) in [6.07, 6.45) is 0. The molecule has 6 heteroatoms. The van der Waals surface area contributed by atoms with Gasteiger partial charge in [0.25, 0.3) is 0 Å². The molecule has 1 heterocycles. The normalized spacial score (nSPS) is 10.9. The van der Waals surface area contributed by atoms with Crippen LogP contribution in [0.1, 0.15) is 30.4 Å². The molecule has 0 aliphatic rings. The zero-order valence-electron chi connectivity index (χ0n) is 9.96. The van der Waals surface area contributed by atoms with Gasteiger partial charge in [-0.25, -0.2) is 9.48 Å². The largest absolute Gasteiger partial charge is 0.476 e. The van der Waals surface area contributed by atoms with Gasteiger partial charge in [0.2, 0.25) is 0 Å². The van der Waals surface area contributed by atoms with Crippen molar-refractivity contribution in [3.8, 4) is 11.3 Å². The highest BCUT2D eigenvalue weighted by Crippen LogP contribution is 2.26. The molecule has 0 unspecified atom stereocenters. The van der Waals surface area contributed by atoms with Crippen molar-refractivity contribution in [1.29, 1.82) is 0 Å². The lowest BCUT2D eigenvalue weighted by molar-refractivity contribution is 0.0691. The summed E-state index contributed by atoms with van der Waals surface area (Å²) in [5, 5.41) is 17.3. The molecule has 94 valence electrons. The number of benzene rings is 1. The van der Waals surface area contributed by atoms with Crippen LogP contribution in [0.15, 0.2) is 24.3 Å². The Morgan fingerprint density at radius 1 is 1.33 bits per heavy atom. The van der Waals surface area contributed by atoms with Gasteiger partial charge in [-0.3, -0.25) is 0 Å². The molecule has 0 aliphatic heterocycles. The molecule has 0 fully saturated rings. The van der Waals surface area contributed by atoms with Crippen molar-refractivity contribution >= 4 is 17.6 Å². The van der Waals surface area contributed by atoms with Gasteiger partial charge in [-0.05, 0) is 26.0 Å². The molecule has 2 rings (SSSR count). The zero-order chi connectivity index (χ0) is 13.3. The van der Waals surface area contributed by atoms with Crippen molar-refractivity contribution in [1.82, 2.24) is 15.0 Å². The monoisotopic (exact) mass is 265 g/mol. The Labute approximate surface area is 109 Å². The Balaban J connectivity index is 2.63. The van der Waals surface area contributed by atoms with Crippen molar-refractivity contribution in [2.75, 3.05) is 0 Å². The number of carbonyl (C=O) groups is 1. The molecule has 0 saturated heterocycles. The summed E-state index contributed by atoms with van der Waals surface area (Å²) < 4.78 is 1.59. The second kappa shape index (κ2) is 4.78. The van der Waals surface area contributed by atoms with Crippen molar-refractivity contribution in [2.24, 2.45) is 0 Å². The lowest BCUT2D eigenvalue weighted by Crippen LogP contribution is -2.06. The quantitative estimate of drug-likeness (QED) is 0.926. The topological polar surface area (TPSA) is 68.0 Å². The van der Waals surface area contributed by atoms with Gasteiger partial charge in [0.1, 0.15) is 5.69 Å². The van der Waals surface area contributed by atoms with Crippen LogP contribution in [0.25, 0.3) is 11.3 Å². The molecule has 1 aromatic carbocycles. The zero-order valence-corrected chi connectivity index (χ0v) is 10.7.